The van der Waals surface area contributed by atoms with Crippen LogP contribution in [0.1, 0.15) is 10.4 Å². The van der Waals surface area contributed by atoms with E-state index < -0.39 is 11.6 Å². The number of rotatable bonds is 1. The van der Waals surface area contributed by atoms with Gasteiger partial charge in [-0.05, 0) is 28.7 Å². The Morgan fingerprint density at radius 1 is 1.36 bits per heavy atom. The molecule has 0 aliphatic rings. The summed E-state index contributed by atoms with van der Waals surface area (Å²) >= 11 is 1.70. The molecule has 0 saturated carbocycles. The van der Waals surface area contributed by atoms with Gasteiger partial charge in [-0.15, -0.1) is 0 Å². The second-order valence-electron chi connectivity index (χ2n) is 1.90. The van der Waals surface area contributed by atoms with Gasteiger partial charge >= 0.3 is 0 Å². The Labute approximate surface area is 75.6 Å². The van der Waals surface area contributed by atoms with Crippen LogP contribution in [0.5, 0.6) is 0 Å². The highest BCUT2D eigenvalue weighted by atomic mass is 127. The van der Waals surface area contributed by atoms with Gasteiger partial charge in [0.25, 0.3) is 0 Å². The topological polar surface area (TPSA) is 17.1 Å². The Morgan fingerprint density at radius 3 is 2.45 bits per heavy atom. The molecule has 0 heterocycles. The first-order valence-corrected chi connectivity index (χ1v) is 3.82. The molecule has 0 aliphatic heterocycles. The van der Waals surface area contributed by atoms with Crippen LogP contribution in [0.15, 0.2) is 12.1 Å². The van der Waals surface area contributed by atoms with Crippen LogP contribution < -0.4 is 0 Å². The number of carbonyl (C=O) groups excluding carboxylic acids is 1. The van der Waals surface area contributed by atoms with Gasteiger partial charge in [0.2, 0.25) is 0 Å². The van der Waals surface area contributed by atoms with Gasteiger partial charge in [-0.3, -0.25) is 4.79 Å². The fourth-order valence-corrected chi connectivity index (χ4v) is 1.35. The van der Waals surface area contributed by atoms with E-state index in [9.17, 15) is 13.6 Å². The number of aldehydes is 1. The fraction of sp³-hybridized carbons (Fsp3) is 0. The molecule has 0 spiro atoms. The molecule has 4 heteroatoms. The Balaban J connectivity index is 3.36. The Bertz CT molecular complexity index is 275. The predicted molar refractivity (Wildman–Crippen MR) is 44.5 cm³/mol. The summed E-state index contributed by atoms with van der Waals surface area (Å²) in [6.45, 7) is 0. The Hall–Kier alpha value is -0.520. The third kappa shape index (κ3) is 1.74. The van der Waals surface area contributed by atoms with E-state index >= 15 is 0 Å². The van der Waals surface area contributed by atoms with Gasteiger partial charge < -0.3 is 0 Å². The van der Waals surface area contributed by atoms with Crippen LogP contribution in [-0.4, -0.2) is 6.29 Å². The van der Waals surface area contributed by atoms with Crippen molar-refractivity contribution in [2.45, 2.75) is 0 Å². The lowest BCUT2D eigenvalue weighted by molar-refractivity contribution is 0.111. The van der Waals surface area contributed by atoms with Crippen LogP contribution in [0.2, 0.25) is 0 Å². The van der Waals surface area contributed by atoms with Crippen molar-refractivity contribution in [3.8, 4) is 0 Å². The van der Waals surface area contributed by atoms with Crippen molar-refractivity contribution in [2.24, 2.45) is 0 Å². The standard InChI is InChI=1S/C7H3F2IO/c8-4-1-6(9)5(3-11)7(10)2-4/h1-3H. The van der Waals surface area contributed by atoms with Gasteiger partial charge in [-0.2, -0.15) is 0 Å². The molecule has 0 bridgehead atoms. The summed E-state index contributed by atoms with van der Waals surface area (Å²) in [7, 11) is 0. The van der Waals surface area contributed by atoms with Gasteiger partial charge in [0.15, 0.2) is 6.29 Å². The Morgan fingerprint density at radius 2 is 2.00 bits per heavy atom. The summed E-state index contributed by atoms with van der Waals surface area (Å²) < 4.78 is 25.3. The van der Waals surface area contributed by atoms with E-state index in [2.05, 4.69) is 0 Å². The number of hydrogen-bond donors (Lipinski definition) is 0. The molecule has 0 amide bonds. The number of carbonyl (C=O) groups is 1. The monoisotopic (exact) mass is 268 g/mol. The van der Waals surface area contributed by atoms with Crippen molar-refractivity contribution in [1.82, 2.24) is 0 Å². The van der Waals surface area contributed by atoms with E-state index in [0.717, 1.165) is 6.07 Å². The second kappa shape index (κ2) is 3.25. The first-order chi connectivity index (χ1) is 5.15. The summed E-state index contributed by atoms with van der Waals surface area (Å²) in [5.41, 5.74) is -0.0907. The van der Waals surface area contributed by atoms with E-state index in [1.54, 1.807) is 22.6 Å². The zero-order chi connectivity index (χ0) is 8.43. The van der Waals surface area contributed by atoms with Crippen LogP contribution in [0.3, 0.4) is 0 Å². The number of benzene rings is 1. The van der Waals surface area contributed by atoms with Crippen LogP contribution >= 0.6 is 22.6 Å². The summed E-state index contributed by atoms with van der Waals surface area (Å²) in [6, 6.07) is 1.79. The Kier molecular flexibility index (Phi) is 2.53. The molecule has 11 heavy (non-hydrogen) atoms. The molecule has 0 unspecified atom stereocenters. The lowest BCUT2D eigenvalue weighted by Crippen LogP contribution is -1.93. The van der Waals surface area contributed by atoms with Crippen molar-refractivity contribution >= 4 is 28.9 Å². The fourth-order valence-electron chi connectivity index (χ4n) is 0.666. The van der Waals surface area contributed by atoms with Crippen molar-refractivity contribution in [2.75, 3.05) is 0 Å². The smallest absolute Gasteiger partial charge is 0.154 e. The van der Waals surface area contributed by atoms with Crippen LogP contribution in [0, 0.1) is 15.2 Å². The molecular formula is C7H3F2IO. The molecule has 0 saturated heterocycles. The van der Waals surface area contributed by atoms with E-state index in [-0.39, 0.29) is 9.13 Å². The van der Waals surface area contributed by atoms with Crippen molar-refractivity contribution < 1.29 is 13.6 Å². The molecule has 1 aromatic rings. The SMILES string of the molecule is O=Cc1c(F)cc(F)cc1I. The minimum Gasteiger partial charge on any atom is -0.298 e. The lowest BCUT2D eigenvalue weighted by atomic mass is 10.2. The van der Waals surface area contributed by atoms with E-state index in [0.29, 0.717) is 12.4 Å². The van der Waals surface area contributed by atoms with Crippen LogP contribution in [0.25, 0.3) is 0 Å². The molecular weight excluding hydrogens is 265 g/mol. The van der Waals surface area contributed by atoms with Crippen LogP contribution in [-0.2, 0) is 0 Å². The third-order valence-corrected chi connectivity index (χ3v) is 2.05. The average Bonchev–Trinajstić information content (AvgIpc) is 1.85. The maximum absolute atomic E-state index is 12.6. The predicted octanol–water partition coefficient (Wildman–Crippen LogP) is 2.38. The van der Waals surface area contributed by atoms with Gasteiger partial charge in [-0.1, -0.05) is 0 Å². The molecule has 0 N–H and O–H groups in total. The van der Waals surface area contributed by atoms with Gasteiger partial charge in [0.05, 0.1) is 5.56 Å². The summed E-state index contributed by atoms with van der Waals surface area (Å²) in [5.74, 6) is -1.48. The zero-order valence-electron chi connectivity index (χ0n) is 5.27. The van der Waals surface area contributed by atoms with Gasteiger partial charge in [-0.25, -0.2) is 8.78 Å². The maximum Gasteiger partial charge on any atom is 0.154 e. The minimum atomic E-state index is -0.815. The molecule has 1 nitrogen and oxygen atoms in total. The minimum absolute atomic E-state index is 0.0907. The third-order valence-electron chi connectivity index (χ3n) is 1.16. The molecule has 0 radical (unpaired) electrons. The van der Waals surface area contributed by atoms with E-state index in [1.165, 1.54) is 0 Å². The van der Waals surface area contributed by atoms with Crippen molar-refractivity contribution in [3.63, 3.8) is 0 Å². The largest absolute Gasteiger partial charge is 0.298 e. The van der Waals surface area contributed by atoms with E-state index in [4.69, 9.17) is 0 Å². The van der Waals surface area contributed by atoms with Gasteiger partial charge in [0, 0.05) is 9.64 Å². The molecule has 1 aromatic carbocycles. The van der Waals surface area contributed by atoms with Crippen LogP contribution in [0.4, 0.5) is 8.78 Å². The quantitative estimate of drug-likeness (QED) is 0.564. The normalized spacial score (nSPS) is 9.73. The molecule has 58 valence electrons. The number of hydrogen-bond acceptors (Lipinski definition) is 1. The average molecular weight is 268 g/mol. The van der Waals surface area contributed by atoms with Crippen molar-refractivity contribution in [3.05, 3.63) is 32.9 Å². The highest BCUT2D eigenvalue weighted by molar-refractivity contribution is 14.1. The van der Waals surface area contributed by atoms with Crippen molar-refractivity contribution in [1.29, 1.82) is 0 Å². The summed E-state index contributed by atoms with van der Waals surface area (Å²) in [5, 5.41) is 0. The summed E-state index contributed by atoms with van der Waals surface area (Å²) in [4.78, 5) is 10.2. The summed E-state index contributed by atoms with van der Waals surface area (Å²) in [6.07, 6.45) is 0.372. The zero-order valence-corrected chi connectivity index (χ0v) is 7.43. The first-order valence-electron chi connectivity index (χ1n) is 2.75. The molecule has 1 rings (SSSR count). The molecule has 0 atom stereocenters. The number of halogens is 3. The van der Waals surface area contributed by atoms with E-state index in [1.807, 2.05) is 0 Å². The lowest BCUT2D eigenvalue weighted by Gasteiger charge is -1.97. The van der Waals surface area contributed by atoms with Gasteiger partial charge in [0.1, 0.15) is 11.6 Å². The first kappa shape index (κ1) is 8.58. The molecule has 0 aliphatic carbocycles. The highest BCUT2D eigenvalue weighted by Crippen LogP contribution is 2.15. The maximum atomic E-state index is 12.6. The molecule has 0 aromatic heterocycles. The molecule has 0 fully saturated rings. The second-order valence-corrected chi connectivity index (χ2v) is 3.06. The highest BCUT2D eigenvalue weighted by Gasteiger charge is 2.07.